The highest BCUT2D eigenvalue weighted by Gasteiger charge is 2.22. The highest BCUT2D eigenvalue weighted by Crippen LogP contribution is 2.13. The molecule has 6 nitrogen and oxygen atoms in total. The first-order valence-corrected chi connectivity index (χ1v) is 3.34. The van der Waals surface area contributed by atoms with Crippen LogP contribution in [0.15, 0.2) is 23.0 Å². The second kappa shape index (κ2) is 3.63. The summed E-state index contributed by atoms with van der Waals surface area (Å²) in [6, 6.07) is 3.39. The fourth-order valence-electron chi connectivity index (χ4n) is 0.816. The zero-order valence-corrected chi connectivity index (χ0v) is 6.79. The third-order valence-electron chi connectivity index (χ3n) is 1.41. The minimum Gasteiger partial charge on any atom is -0.361 e. The van der Waals surface area contributed by atoms with Gasteiger partial charge in [-0.2, -0.15) is 5.26 Å². The molecule has 1 aliphatic rings. The van der Waals surface area contributed by atoms with Crippen molar-refractivity contribution in [3.8, 4) is 12.1 Å². The summed E-state index contributed by atoms with van der Waals surface area (Å²) >= 11 is 0. The van der Waals surface area contributed by atoms with Gasteiger partial charge in [-0.1, -0.05) is 6.57 Å². The number of rotatable bonds is 0. The van der Waals surface area contributed by atoms with Crippen LogP contribution in [0.25, 0.3) is 9.69 Å². The lowest BCUT2D eigenvalue weighted by molar-refractivity contribution is 0.946. The molecule has 1 aliphatic heterocycles. The van der Waals surface area contributed by atoms with Crippen molar-refractivity contribution in [3.05, 3.63) is 45.9 Å². The number of nitrogens with one attached hydrogen (secondary N) is 2. The van der Waals surface area contributed by atoms with Gasteiger partial charge in [-0.25, -0.2) is 10.1 Å². The van der Waals surface area contributed by atoms with Crippen LogP contribution in [0.3, 0.4) is 0 Å². The Bertz CT molecular complexity index is 452. The van der Waals surface area contributed by atoms with Gasteiger partial charge in [-0.05, 0) is 0 Å². The van der Waals surface area contributed by atoms with Gasteiger partial charge >= 0.3 is 5.70 Å². The highest BCUT2D eigenvalue weighted by atomic mass is 15.2. The topological polar surface area (TPSA) is 80.4 Å². The lowest BCUT2D eigenvalue weighted by Crippen LogP contribution is -2.14. The van der Waals surface area contributed by atoms with Crippen molar-refractivity contribution in [1.29, 1.82) is 10.5 Å². The third-order valence-corrected chi connectivity index (χ3v) is 1.41. The highest BCUT2D eigenvalue weighted by molar-refractivity contribution is 5.44. The summed E-state index contributed by atoms with van der Waals surface area (Å²) in [5.41, 5.74) is -0.192. The smallest absolute Gasteiger partial charge is 0.322 e. The maximum Gasteiger partial charge on any atom is 0.322 e. The van der Waals surface area contributed by atoms with Crippen molar-refractivity contribution in [2.45, 2.75) is 0 Å². The predicted molar refractivity (Wildman–Crippen MR) is 44.8 cm³/mol. The van der Waals surface area contributed by atoms with E-state index in [1.807, 2.05) is 0 Å². The maximum atomic E-state index is 8.58. The van der Waals surface area contributed by atoms with Crippen LogP contribution >= 0.6 is 0 Å². The molecule has 0 amide bonds. The zero-order chi connectivity index (χ0) is 10.6. The van der Waals surface area contributed by atoms with Crippen molar-refractivity contribution in [1.82, 2.24) is 10.6 Å². The van der Waals surface area contributed by atoms with E-state index in [2.05, 4.69) is 20.3 Å². The lowest BCUT2D eigenvalue weighted by atomic mass is 10.4. The summed E-state index contributed by atoms with van der Waals surface area (Å²) in [4.78, 5) is 5.96. The number of hydrogen-bond donors (Lipinski definition) is 2. The fraction of sp³-hybridized carbons (Fsp3) is 0. The predicted octanol–water partition coefficient (Wildman–Crippen LogP) is 0.403. The van der Waals surface area contributed by atoms with E-state index in [9.17, 15) is 0 Å². The van der Waals surface area contributed by atoms with Gasteiger partial charge in [0, 0.05) is 0 Å². The number of hydrogen-bond acceptors (Lipinski definition) is 4. The molecule has 0 aromatic heterocycles. The normalized spacial score (nSPS) is 16.6. The molecule has 0 fully saturated rings. The molecule has 0 saturated heterocycles. The summed E-state index contributed by atoms with van der Waals surface area (Å²) in [6.07, 6.45) is 0. The molecule has 0 spiro atoms. The maximum absolute atomic E-state index is 8.58. The Morgan fingerprint density at radius 2 is 2.00 bits per heavy atom. The molecule has 0 atom stereocenters. The molecule has 2 N–H and O–H groups in total. The van der Waals surface area contributed by atoms with Gasteiger partial charge < -0.3 is 10.2 Å². The molecule has 0 saturated carbocycles. The van der Waals surface area contributed by atoms with Gasteiger partial charge in [-0.3, -0.25) is 5.32 Å². The summed E-state index contributed by atoms with van der Waals surface area (Å²) < 4.78 is 0. The molecule has 0 unspecified atom stereocenters. The Kier molecular flexibility index (Phi) is 2.37. The average Bonchev–Trinajstić information content (AvgIpc) is 2.63. The molecule has 1 heterocycles. The van der Waals surface area contributed by atoms with Crippen LogP contribution < -0.4 is 10.6 Å². The molecular weight excluding hydrogens is 180 g/mol. The zero-order valence-electron chi connectivity index (χ0n) is 6.79. The minimum absolute atomic E-state index is 0.00102. The van der Waals surface area contributed by atoms with E-state index in [-0.39, 0.29) is 23.0 Å². The van der Waals surface area contributed by atoms with E-state index in [4.69, 9.17) is 23.7 Å². The van der Waals surface area contributed by atoms with Crippen molar-refractivity contribution in [2.24, 2.45) is 0 Å². The first-order valence-electron chi connectivity index (χ1n) is 3.34. The quantitative estimate of drug-likeness (QED) is 0.419. The summed E-state index contributed by atoms with van der Waals surface area (Å²) in [6.45, 7) is 13.4. The largest absolute Gasteiger partial charge is 0.361 e. The van der Waals surface area contributed by atoms with E-state index < -0.39 is 0 Å². The van der Waals surface area contributed by atoms with Gasteiger partial charge in [0.2, 0.25) is 0 Å². The Labute approximate surface area is 80.0 Å². The lowest BCUT2D eigenvalue weighted by Gasteiger charge is -1.95. The minimum atomic E-state index is -0.212. The van der Waals surface area contributed by atoms with Crippen LogP contribution in [0.4, 0.5) is 0 Å². The average molecular weight is 182 g/mol. The van der Waals surface area contributed by atoms with Crippen molar-refractivity contribution in [2.75, 3.05) is 0 Å². The van der Waals surface area contributed by atoms with E-state index in [0.717, 1.165) is 0 Å². The fourth-order valence-corrected chi connectivity index (χ4v) is 0.816. The van der Waals surface area contributed by atoms with Crippen LogP contribution in [0.5, 0.6) is 0 Å². The van der Waals surface area contributed by atoms with Crippen LogP contribution in [0.1, 0.15) is 0 Å². The molecule has 6 heteroatoms. The number of allylic oxidation sites excluding steroid dienone is 2. The monoisotopic (exact) mass is 182 g/mol. The SMILES string of the molecule is [C-]#[N+]C1=C(C#N)N/C(=C(\C#N)[N+]#[C-])N1. The molecule has 0 aliphatic carbocycles. The Morgan fingerprint density at radius 1 is 1.29 bits per heavy atom. The molecule has 0 bridgehead atoms. The molecular formula is C8H2N6. The van der Waals surface area contributed by atoms with E-state index in [0.29, 0.717) is 0 Å². The van der Waals surface area contributed by atoms with Gasteiger partial charge in [0.1, 0.15) is 11.8 Å². The second-order valence-corrected chi connectivity index (χ2v) is 2.14. The number of nitrogens with zero attached hydrogens (tertiary/aromatic N) is 4. The Morgan fingerprint density at radius 3 is 2.36 bits per heavy atom. The Hall–Kier alpha value is -2.96. The van der Waals surface area contributed by atoms with E-state index in [1.54, 1.807) is 12.1 Å². The third kappa shape index (κ3) is 1.32. The van der Waals surface area contributed by atoms with E-state index in [1.165, 1.54) is 0 Å². The van der Waals surface area contributed by atoms with Gasteiger partial charge in [0.15, 0.2) is 5.82 Å². The number of nitriles is 2. The Balaban J connectivity index is 3.11. The summed E-state index contributed by atoms with van der Waals surface area (Å²) in [5.74, 6) is 0.0870. The molecule has 64 valence electrons. The second-order valence-electron chi connectivity index (χ2n) is 2.14. The van der Waals surface area contributed by atoms with Crippen molar-refractivity contribution < 1.29 is 0 Å². The first kappa shape index (κ1) is 9.13. The summed E-state index contributed by atoms with van der Waals surface area (Å²) in [5, 5.41) is 22.1. The molecule has 1 rings (SSSR count). The van der Waals surface area contributed by atoms with Crippen LogP contribution in [-0.4, -0.2) is 0 Å². The molecule has 0 aromatic carbocycles. The van der Waals surface area contributed by atoms with Crippen LogP contribution in [0, 0.1) is 35.8 Å². The molecule has 14 heavy (non-hydrogen) atoms. The van der Waals surface area contributed by atoms with Crippen LogP contribution in [0.2, 0.25) is 0 Å². The van der Waals surface area contributed by atoms with Crippen molar-refractivity contribution in [3.63, 3.8) is 0 Å². The van der Waals surface area contributed by atoms with Gasteiger partial charge in [-0.15, -0.1) is 0 Å². The van der Waals surface area contributed by atoms with Crippen molar-refractivity contribution >= 4 is 0 Å². The van der Waals surface area contributed by atoms with Gasteiger partial charge in [0.25, 0.3) is 5.82 Å². The molecule has 0 aromatic rings. The standard InChI is InChI=1S/C8H2N6/c1-11-5(3-9)8-13-6(4-10)7(12-2)14-8/h13-14H/b8-5-. The van der Waals surface area contributed by atoms with Gasteiger partial charge in [0.05, 0.1) is 12.6 Å². The first-order chi connectivity index (χ1) is 6.76. The van der Waals surface area contributed by atoms with E-state index >= 15 is 0 Å². The molecule has 0 radical (unpaired) electrons. The summed E-state index contributed by atoms with van der Waals surface area (Å²) in [7, 11) is 0. The van der Waals surface area contributed by atoms with Crippen LogP contribution in [-0.2, 0) is 0 Å².